The number of nitrogens with zero attached hydrogens (tertiary/aromatic N) is 2. The van der Waals surface area contributed by atoms with E-state index in [1.54, 1.807) is 16.7 Å². The van der Waals surface area contributed by atoms with Gasteiger partial charge in [0.2, 0.25) is 0 Å². The molecule has 0 spiro atoms. The number of methoxy groups -OCH3 is 1. The highest BCUT2D eigenvalue weighted by atomic mass is 79.9. The van der Waals surface area contributed by atoms with Crippen molar-refractivity contribution >= 4 is 27.5 Å². The van der Waals surface area contributed by atoms with E-state index in [1.807, 2.05) is 6.20 Å². The monoisotopic (exact) mass is 298 g/mol. The molecule has 6 heteroatoms. The molecule has 0 aliphatic carbocycles. The number of pyridine rings is 1. The van der Waals surface area contributed by atoms with Crippen molar-refractivity contribution in [2.45, 2.75) is 12.8 Å². The van der Waals surface area contributed by atoms with E-state index < -0.39 is 0 Å². The second-order valence-electron chi connectivity index (χ2n) is 3.58. The molecule has 2 heterocycles. The average Bonchev–Trinajstić information content (AvgIpc) is 2.68. The third-order valence-corrected chi connectivity index (χ3v) is 3.00. The van der Waals surface area contributed by atoms with Gasteiger partial charge in [-0.3, -0.25) is 4.79 Å². The van der Waals surface area contributed by atoms with Crippen molar-refractivity contribution in [1.82, 2.24) is 9.38 Å². The van der Waals surface area contributed by atoms with Crippen molar-refractivity contribution in [3.63, 3.8) is 0 Å². The summed E-state index contributed by atoms with van der Waals surface area (Å²) >= 11 is 3.23. The van der Waals surface area contributed by atoms with Crippen LogP contribution in [0.15, 0.2) is 22.9 Å². The lowest BCUT2D eigenvalue weighted by Gasteiger charge is -1.96. The van der Waals surface area contributed by atoms with E-state index in [0.717, 1.165) is 5.69 Å². The molecule has 0 aromatic carbocycles. The third kappa shape index (κ3) is 2.58. The highest BCUT2D eigenvalue weighted by Gasteiger charge is 2.07. The molecule has 0 aliphatic heterocycles. The summed E-state index contributed by atoms with van der Waals surface area (Å²) in [7, 11) is 1.36. The Morgan fingerprint density at radius 1 is 1.59 bits per heavy atom. The van der Waals surface area contributed by atoms with Crippen molar-refractivity contribution in [3.05, 3.63) is 28.6 Å². The van der Waals surface area contributed by atoms with Crippen LogP contribution in [-0.2, 0) is 16.0 Å². The molecule has 0 atom stereocenters. The zero-order valence-corrected chi connectivity index (χ0v) is 10.8. The van der Waals surface area contributed by atoms with Crippen LogP contribution < -0.4 is 0 Å². The van der Waals surface area contributed by atoms with Gasteiger partial charge in [-0.05, 0) is 15.9 Å². The topological polar surface area (TPSA) is 63.8 Å². The molecule has 0 saturated carbocycles. The highest BCUT2D eigenvalue weighted by Crippen LogP contribution is 2.24. The van der Waals surface area contributed by atoms with Gasteiger partial charge in [0, 0.05) is 24.9 Å². The largest absolute Gasteiger partial charge is 0.507 e. The minimum atomic E-state index is -0.258. The standard InChI is InChI=1S/C11H11BrN2O3/c1-17-11(16)3-2-7-5-14-6-8(12)9(15)4-10(14)13-7/h4-6,15H,2-3H2,1H3. The minimum absolute atomic E-state index is 0.141. The Kier molecular flexibility index (Phi) is 3.33. The molecule has 2 rings (SSSR count). The third-order valence-electron chi connectivity index (χ3n) is 2.39. The molecule has 0 bridgehead atoms. The van der Waals surface area contributed by atoms with Crippen LogP contribution in [0.2, 0.25) is 0 Å². The first kappa shape index (κ1) is 11.9. The summed E-state index contributed by atoms with van der Waals surface area (Å²) in [6.07, 6.45) is 4.36. The molecule has 90 valence electrons. The maximum absolute atomic E-state index is 11.0. The number of aromatic hydroxyl groups is 1. The lowest BCUT2D eigenvalue weighted by atomic mass is 10.2. The number of esters is 1. The molecule has 0 amide bonds. The zero-order chi connectivity index (χ0) is 12.4. The van der Waals surface area contributed by atoms with Crippen molar-refractivity contribution in [2.75, 3.05) is 7.11 Å². The summed E-state index contributed by atoms with van der Waals surface area (Å²) in [5.74, 6) is -0.117. The van der Waals surface area contributed by atoms with E-state index in [4.69, 9.17) is 0 Å². The first-order chi connectivity index (χ1) is 8.10. The number of carbonyl (C=O) groups excluding carboxylic acids is 1. The quantitative estimate of drug-likeness (QED) is 0.879. The predicted octanol–water partition coefficient (Wildman–Crippen LogP) is 1.91. The van der Waals surface area contributed by atoms with Crippen molar-refractivity contribution in [1.29, 1.82) is 0 Å². The van der Waals surface area contributed by atoms with Gasteiger partial charge in [0.1, 0.15) is 11.4 Å². The molecule has 2 aromatic rings. The first-order valence-electron chi connectivity index (χ1n) is 5.03. The van der Waals surface area contributed by atoms with Gasteiger partial charge < -0.3 is 14.2 Å². The fraction of sp³-hybridized carbons (Fsp3) is 0.273. The summed E-state index contributed by atoms with van der Waals surface area (Å²) in [6, 6.07) is 1.56. The van der Waals surface area contributed by atoms with Crippen LogP contribution in [0.5, 0.6) is 5.75 Å². The van der Waals surface area contributed by atoms with E-state index >= 15 is 0 Å². The minimum Gasteiger partial charge on any atom is -0.507 e. The number of carbonyl (C=O) groups is 1. The van der Waals surface area contributed by atoms with Crippen LogP contribution in [0.3, 0.4) is 0 Å². The Bertz CT molecular complexity index is 526. The summed E-state index contributed by atoms with van der Waals surface area (Å²) in [5, 5.41) is 9.51. The number of imidazole rings is 1. The molecule has 0 aliphatic rings. The molecular weight excluding hydrogens is 288 g/mol. The van der Waals surface area contributed by atoms with E-state index in [0.29, 0.717) is 23.0 Å². The van der Waals surface area contributed by atoms with Crippen LogP contribution in [0.1, 0.15) is 12.1 Å². The fourth-order valence-corrected chi connectivity index (χ4v) is 1.84. The van der Waals surface area contributed by atoms with E-state index in [-0.39, 0.29) is 11.7 Å². The molecule has 1 N–H and O–H groups in total. The Labute approximate surface area is 106 Å². The van der Waals surface area contributed by atoms with Crippen molar-refractivity contribution in [2.24, 2.45) is 0 Å². The smallest absolute Gasteiger partial charge is 0.305 e. The molecule has 0 fully saturated rings. The van der Waals surface area contributed by atoms with Crippen molar-refractivity contribution in [3.8, 4) is 5.75 Å². The van der Waals surface area contributed by atoms with Gasteiger partial charge in [-0.2, -0.15) is 0 Å². The predicted molar refractivity (Wildman–Crippen MR) is 64.9 cm³/mol. The highest BCUT2D eigenvalue weighted by molar-refractivity contribution is 9.10. The second-order valence-corrected chi connectivity index (χ2v) is 4.43. The fourth-order valence-electron chi connectivity index (χ4n) is 1.50. The van der Waals surface area contributed by atoms with Crippen LogP contribution in [0.25, 0.3) is 5.65 Å². The maximum Gasteiger partial charge on any atom is 0.305 e. The van der Waals surface area contributed by atoms with Crippen molar-refractivity contribution < 1.29 is 14.6 Å². The van der Waals surface area contributed by atoms with Gasteiger partial charge in [0.05, 0.1) is 23.7 Å². The van der Waals surface area contributed by atoms with Gasteiger partial charge in [-0.15, -0.1) is 0 Å². The second kappa shape index (κ2) is 4.75. The Balaban J connectivity index is 2.23. The molecular formula is C11H11BrN2O3. The van der Waals surface area contributed by atoms with Gasteiger partial charge in [0.25, 0.3) is 0 Å². The van der Waals surface area contributed by atoms with Gasteiger partial charge in [-0.1, -0.05) is 0 Å². The number of aromatic nitrogens is 2. The number of aryl methyl sites for hydroxylation is 1. The van der Waals surface area contributed by atoms with Crippen LogP contribution >= 0.6 is 15.9 Å². The zero-order valence-electron chi connectivity index (χ0n) is 9.18. The average molecular weight is 299 g/mol. The van der Waals surface area contributed by atoms with Gasteiger partial charge >= 0.3 is 5.97 Å². The Hall–Kier alpha value is -1.56. The van der Waals surface area contributed by atoms with E-state index in [2.05, 4.69) is 25.7 Å². The van der Waals surface area contributed by atoms with Crippen LogP contribution in [-0.4, -0.2) is 27.6 Å². The molecule has 0 radical (unpaired) electrons. The van der Waals surface area contributed by atoms with Crippen LogP contribution in [0, 0.1) is 0 Å². The Morgan fingerprint density at radius 3 is 3.06 bits per heavy atom. The molecule has 0 unspecified atom stereocenters. The lowest BCUT2D eigenvalue weighted by Crippen LogP contribution is -2.01. The molecule has 2 aromatic heterocycles. The summed E-state index contributed by atoms with van der Waals surface area (Å²) in [6.45, 7) is 0. The number of hydrogen-bond acceptors (Lipinski definition) is 4. The number of ether oxygens (including phenoxy) is 1. The Morgan fingerprint density at radius 2 is 2.35 bits per heavy atom. The summed E-state index contributed by atoms with van der Waals surface area (Å²) in [4.78, 5) is 15.3. The maximum atomic E-state index is 11.0. The number of halogens is 1. The van der Waals surface area contributed by atoms with Gasteiger partial charge in [-0.25, -0.2) is 4.98 Å². The normalized spacial score (nSPS) is 10.7. The number of hydrogen-bond donors (Lipinski definition) is 1. The van der Waals surface area contributed by atoms with Gasteiger partial charge in [0.15, 0.2) is 0 Å². The number of fused-ring (bicyclic) bond motifs is 1. The first-order valence-corrected chi connectivity index (χ1v) is 5.82. The summed E-state index contributed by atoms with van der Waals surface area (Å²) < 4.78 is 6.95. The van der Waals surface area contributed by atoms with E-state index in [9.17, 15) is 9.90 Å². The summed E-state index contributed by atoms with van der Waals surface area (Å²) in [5.41, 5.74) is 1.43. The SMILES string of the molecule is COC(=O)CCc1cn2cc(Br)c(O)cc2n1. The lowest BCUT2D eigenvalue weighted by molar-refractivity contribution is -0.140. The molecule has 5 nitrogen and oxygen atoms in total. The van der Waals surface area contributed by atoms with Crippen LogP contribution in [0.4, 0.5) is 0 Å². The molecule has 0 saturated heterocycles. The molecule has 17 heavy (non-hydrogen) atoms. The number of rotatable bonds is 3. The van der Waals surface area contributed by atoms with E-state index in [1.165, 1.54) is 7.11 Å².